The van der Waals surface area contributed by atoms with Crippen molar-refractivity contribution < 1.29 is 13.9 Å². The lowest BCUT2D eigenvalue weighted by Gasteiger charge is -2.30. The van der Waals surface area contributed by atoms with E-state index in [1.165, 1.54) is 12.1 Å². The van der Waals surface area contributed by atoms with E-state index in [2.05, 4.69) is 25.6 Å². The van der Waals surface area contributed by atoms with Crippen LogP contribution in [0.15, 0.2) is 23.2 Å². The monoisotopic (exact) mass is 528 g/mol. The Kier molecular flexibility index (Phi) is 10.9. The Labute approximate surface area is 217 Å². The number of nitrogens with one attached hydrogen (secondary N) is 2. The van der Waals surface area contributed by atoms with Gasteiger partial charge < -0.3 is 21.1 Å². The molecule has 2 saturated carbocycles. The molecule has 1 amide bonds. The maximum absolute atomic E-state index is 14.1. The average molecular weight is 529 g/mol. The summed E-state index contributed by atoms with van der Waals surface area (Å²) in [6, 6.07) is 4.41. The van der Waals surface area contributed by atoms with Crippen molar-refractivity contribution in [2.24, 2.45) is 10.7 Å². The van der Waals surface area contributed by atoms with Gasteiger partial charge in [-0.15, -0.1) is 24.8 Å². The molecule has 0 radical (unpaired) electrons. The maximum Gasteiger partial charge on any atom is 0.289 e. The summed E-state index contributed by atoms with van der Waals surface area (Å²) >= 11 is 0. The zero-order valence-electron chi connectivity index (χ0n) is 20.1. The molecule has 1 heterocycles. The SMILES string of the molecule is COC1CCC(NC(=O)c2nc(N[C@H]3CCCC[C@H]3N=C(C)N)c3cc(F)ccc3n2)CC1.Cl.Cl. The van der Waals surface area contributed by atoms with Crippen LogP contribution in [0.2, 0.25) is 0 Å². The Bertz CT molecular complexity index is 1030. The molecule has 0 spiro atoms. The van der Waals surface area contributed by atoms with Crippen LogP contribution in [0.4, 0.5) is 10.2 Å². The molecule has 8 nitrogen and oxygen atoms in total. The molecule has 2 aliphatic rings. The quantitative estimate of drug-likeness (QED) is 0.378. The fourth-order valence-corrected chi connectivity index (χ4v) is 4.88. The molecule has 194 valence electrons. The van der Waals surface area contributed by atoms with Crippen LogP contribution in [-0.4, -0.2) is 53.1 Å². The van der Waals surface area contributed by atoms with Gasteiger partial charge in [0.15, 0.2) is 0 Å². The van der Waals surface area contributed by atoms with Crippen molar-refractivity contribution in [1.82, 2.24) is 15.3 Å². The van der Waals surface area contributed by atoms with Gasteiger partial charge in [0.1, 0.15) is 11.6 Å². The Hall–Kier alpha value is -2.23. The highest BCUT2D eigenvalue weighted by atomic mass is 35.5. The minimum atomic E-state index is -0.378. The number of aliphatic imine (C=N–C) groups is 1. The summed E-state index contributed by atoms with van der Waals surface area (Å²) in [5.74, 6) is 0.375. The van der Waals surface area contributed by atoms with Crippen molar-refractivity contribution >= 4 is 53.3 Å². The summed E-state index contributed by atoms with van der Waals surface area (Å²) in [4.78, 5) is 26.6. The van der Waals surface area contributed by atoms with Crippen molar-refractivity contribution in [3.63, 3.8) is 0 Å². The molecule has 0 unspecified atom stereocenters. The molecule has 4 N–H and O–H groups in total. The molecule has 2 fully saturated rings. The lowest BCUT2D eigenvalue weighted by molar-refractivity contribution is 0.0597. The molecule has 2 aliphatic carbocycles. The predicted molar refractivity (Wildman–Crippen MR) is 141 cm³/mol. The second-order valence-corrected chi connectivity index (χ2v) is 9.11. The van der Waals surface area contributed by atoms with Crippen molar-refractivity contribution in [2.45, 2.75) is 82.5 Å². The van der Waals surface area contributed by atoms with Crippen molar-refractivity contribution in [3.05, 3.63) is 29.8 Å². The number of nitrogens with zero attached hydrogens (tertiary/aromatic N) is 3. The molecule has 0 saturated heterocycles. The lowest BCUT2D eigenvalue weighted by Crippen LogP contribution is -2.40. The number of hydrogen-bond acceptors (Lipinski definition) is 6. The van der Waals surface area contributed by atoms with Crippen molar-refractivity contribution in [1.29, 1.82) is 0 Å². The van der Waals surface area contributed by atoms with Gasteiger partial charge >= 0.3 is 0 Å². The summed E-state index contributed by atoms with van der Waals surface area (Å²) in [7, 11) is 1.72. The molecule has 1 aromatic heterocycles. The van der Waals surface area contributed by atoms with Gasteiger partial charge in [0.25, 0.3) is 5.91 Å². The standard InChI is InChI=1S/C24H33FN6O2.2ClH/c1-14(26)27-20-5-3-4-6-21(20)30-22-18-13-15(25)7-12-19(18)29-23(31-22)24(32)28-16-8-10-17(33-2)11-9-16;;/h7,12-13,16-17,20-21H,3-6,8-11H2,1-2H3,(H2,26,27)(H,28,32)(H,29,30,31);2*1H/t16?,17?,20-,21+;;/m1../s1. The Morgan fingerprint density at radius 1 is 1.11 bits per heavy atom. The van der Waals surface area contributed by atoms with Crippen LogP contribution in [0.25, 0.3) is 10.9 Å². The first-order valence-electron chi connectivity index (χ1n) is 11.8. The summed E-state index contributed by atoms with van der Waals surface area (Å²) < 4.78 is 19.5. The first kappa shape index (κ1) is 29.0. The van der Waals surface area contributed by atoms with E-state index < -0.39 is 0 Å². The van der Waals surface area contributed by atoms with Crippen molar-refractivity contribution in [3.8, 4) is 0 Å². The van der Waals surface area contributed by atoms with Gasteiger partial charge in [-0.25, -0.2) is 14.4 Å². The Morgan fingerprint density at radius 3 is 2.51 bits per heavy atom. The van der Waals surface area contributed by atoms with E-state index in [9.17, 15) is 9.18 Å². The van der Waals surface area contributed by atoms with Gasteiger partial charge in [0.2, 0.25) is 5.82 Å². The highest BCUT2D eigenvalue weighted by molar-refractivity contribution is 5.96. The smallest absolute Gasteiger partial charge is 0.289 e. The van der Waals surface area contributed by atoms with E-state index in [1.807, 2.05) is 0 Å². The number of fused-ring (bicyclic) bond motifs is 1. The van der Waals surface area contributed by atoms with Gasteiger partial charge in [-0.1, -0.05) is 12.8 Å². The number of carbonyl (C=O) groups excluding carboxylic acids is 1. The fraction of sp³-hybridized carbons (Fsp3) is 0.583. The first-order chi connectivity index (χ1) is 15.9. The van der Waals surface area contributed by atoms with E-state index in [0.29, 0.717) is 22.6 Å². The predicted octanol–water partition coefficient (Wildman–Crippen LogP) is 4.40. The van der Waals surface area contributed by atoms with Gasteiger partial charge in [0, 0.05) is 24.6 Å². The molecule has 4 rings (SSSR count). The summed E-state index contributed by atoms with van der Waals surface area (Å²) in [6.45, 7) is 1.78. The Morgan fingerprint density at radius 2 is 1.83 bits per heavy atom. The topological polar surface area (TPSA) is 115 Å². The van der Waals surface area contributed by atoms with E-state index >= 15 is 0 Å². The van der Waals surface area contributed by atoms with E-state index in [0.717, 1.165) is 51.4 Å². The third kappa shape index (κ3) is 7.38. The second-order valence-electron chi connectivity index (χ2n) is 9.11. The highest BCUT2D eigenvalue weighted by Gasteiger charge is 2.27. The molecule has 0 aliphatic heterocycles. The number of amidine groups is 1. The van der Waals surface area contributed by atoms with Gasteiger partial charge in [-0.2, -0.15) is 0 Å². The molecule has 35 heavy (non-hydrogen) atoms. The summed E-state index contributed by atoms with van der Waals surface area (Å²) in [5, 5.41) is 7.05. The van der Waals surface area contributed by atoms with Gasteiger partial charge in [0.05, 0.1) is 23.5 Å². The normalized spacial score (nSPS) is 24.7. The minimum absolute atomic E-state index is 0. The largest absolute Gasteiger partial charge is 0.388 e. The third-order valence-electron chi connectivity index (χ3n) is 6.62. The number of halogens is 3. The van der Waals surface area contributed by atoms with Crippen LogP contribution in [0.5, 0.6) is 0 Å². The fourth-order valence-electron chi connectivity index (χ4n) is 4.88. The maximum atomic E-state index is 14.1. The molecular formula is C24H35Cl2FN6O2. The van der Waals surface area contributed by atoms with Gasteiger partial charge in [-0.3, -0.25) is 9.79 Å². The number of benzene rings is 1. The number of carbonyl (C=O) groups is 1. The average Bonchev–Trinajstić information content (AvgIpc) is 2.80. The number of nitrogens with two attached hydrogens (primary N) is 1. The van der Waals surface area contributed by atoms with E-state index in [4.69, 9.17) is 10.5 Å². The Balaban J connectivity index is 0.00000216. The van der Waals surface area contributed by atoms with E-state index in [-0.39, 0.29) is 66.6 Å². The molecular weight excluding hydrogens is 494 g/mol. The highest BCUT2D eigenvalue weighted by Crippen LogP contribution is 2.28. The van der Waals surface area contributed by atoms with Crippen LogP contribution in [0.3, 0.4) is 0 Å². The number of hydrogen-bond donors (Lipinski definition) is 3. The number of ether oxygens (including phenoxy) is 1. The third-order valence-corrected chi connectivity index (χ3v) is 6.62. The number of amides is 1. The molecule has 2 aromatic rings. The number of methoxy groups -OCH3 is 1. The lowest BCUT2D eigenvalue weighted by atomic mass is 9.90. The van der Waals surface area contributed by atoms with Crippen LogP contribution in [-0.2, 0) is 4.74 Å². The van der Waals surface area contributed by atoms with Gasteiger partial charge in [-0.05, 0) is 63.6 Å². The summed E-state index contributed by atoms with van der Waals surface area (Å²) in [5.41, 5.74) is 6.37. The zero-order chi connectivity index (χ0) is 23.4. The van der Waals surface area contributed by atoms with Crippen LogP contribution in [0.1, 0.15) is 68.9 Å². The van der Waals surface area contributed by atoms with Crippen LogP contribution >= 0.6 is 24.8 Å². The zero-order valence-corrected chi connectivity index (χ0v) is 21.8. The van der Waals surface area contributed by atoms with Crippen LogP contribution < -0.4 is 16.4 Å². The molecule has 1 aromatic carbocycles. The minimum Gasteiger partial charge on any atom is -0.388 e. The molecule has 0 bridgehead atoms. The number of rotatable bonds is 6. The number of aromatic nitrogens is 2. The van der Waals surface area contributed by atoms with Crippen LogP contribution in [0, 0.1) is 5.82 Å². The molecule has 11 heteroatoms. The summed E-state index contributed by atoms with van der Waals surface area (Å²) in [6.07, 6.45) is 7.74. The van der Waals surface area contributed by atoms with Crippen molar-refractivity contribution in [2.75, 3.05) is 12.4 Å². The second kappa shape index (κ2) is 13.2. The first-order valence-corrected chi connectivity index (χ1v) is 11.8. The number of anilines is 1. The van der Waals surface area contributed by atoms with E-state index in [1.54, 1.807) is 20.1 Å². The molecule has 2 atom stereocenters.